The molecule has 1 heterocycles. The van der Waals surface area contributed by atoms with Gasteiger partial charge in [-0.2, -0.15) is 0 Å². The predicted octanol–water partition coefficient (Wildman–Crippen LogP) is 0.573. The number of ketones is 1. The van der Waals surface area contributed by atoms with Crippen LogP contribution in [-0.4, -0.2) is 18.4 Å². The van der Waals surface area contributed by atoms with Gasteiger partial charge in [-0.25, -0.2) is 0 Å². The Morgan fingerprint density at radius 3 is 2.56 bits per heavy atom. The molecule has 1 rings (SSSR count). The summed E-state index contributed by atoms with van der Waals surface area (Å²) in [6.07, 6.45) is 1.02. The first-order chi connectivity index (χ1) is 4.20. The average Bonchev–Trinajstić information content (AvgIpc) is 2.14. The summed E-state index contributed by atoms with van der Waals surface area (Å²) in [6.45, 7) is 4.82. The molecular formula is C7H13NO. The van der Waals surface area contributed by atoms with Gasteiger partial charge in [-0.3, -0.25) is 4.79 Å². The van der Waals surface area contributed by atoms with E-state index in [4.69, 9.17) is 0 Å². The van der Waals surface area contributed by atoms with Gasteiger partial charge in [0, 0.05) is 0 Å². The number of carbonyl (C=O) groups is 1. The summed E-state index contributed by atoms with van der Waals surface area (Å²) in [6, 6.07) is 0.153. The van der Waals surface area contributed by atoms with Crippen LogP contribution < -0.4 is 5.32 Å². The molecule has 0 aromatic heterocycles. The van der Waals surface area contributed by atoms with Gasteiger partial charge in [-0.15, -0.1) is 0 Å². The van der Waals surface area contributed by atoms with Gasteiger partial charge >= 0.3 is 0 Å². The molecule has 0 spiro atoms. The normalized spacial score (nSPS) is 34.9. The van der Waals surface area contributed by atoms with Crippen molar-refractivity contribution in [2.24, 2.45) is 5.92 Å². The van der Waals surface area contributed by atoms with Gasteiger partial charge in [-0.1, -0.05) is 6.92 Å². The fourth-order valence-electron chi connectivity index (χ4n) is 1.22. The summed E-state index contributed by atoms with van der Waals surface area (Å²) in [5.41, 5.74) is 0. The molecule has 2 atom stereocenters. The van der Waals surface area contributed by atoms with Crippen LogP contribution >= 0.6 is 0 Å². The molecule has 2 unspecified atom stereocenters. The highest BCUT2D eigenvalue weighted by Gasteiger charge is 2.23. The van der Waals surface area contributed by atoms with Crippen molar-refractivity contribution < 1.29 is 4.79 Å². The van der Waals surface area contributed by atoms with Crippen molar-refractivity contribution in [3.8, 4) is 0 Å². The Kier molecular flexibility index (Phi) is 1.86. The van der Waals surface area contributed by atoms with E-state index in [0.29, 0.717) is 5.92 Å². The van der Waals surface area contributed by atoms with Crippen LogP contribution in [0.1, 0.15) is 20.3 Å². The third-order valence-electron chi connectivity index (χ3n) is 1.84. The van der Waals surface area contributed by atoms with Crippen LogP contribution in [0.2, 0.25) is 0 Å². The minimum Gasteiger partial charge on any atom is -0.307 e. The van der Waals surface area contributed by atoms with E-state index in [1.807, 2.05) is 0 Å². The molecule has 1 fully saturated rings. The molecule has 0 amide bonds. The van der Waals surface area contributed by atoms with Crippen LogP contribution in [0.3, 0.4) is 0 Å². The van der Waals surface area contributed by atoms with E-state index in [1.54, 1.807) is 6.92 Å². The molecular weight excluding hydrogens is 114 g/mol. The van der Waals surface area contributed by atoms with E-state index in [9.17, 15) is 4.79 Å². The SMILES string of the molecule is CC(=O)C1CC(C)CN1. The lowest BCUT2D eigenvalue weighted by Crippen LogP contribution is -2.28. The highest BCUT2D eigenvalue weighted by Crippen LogP contribution is 2.12. The lowest BCUT2D eigenvalue weighted by atomic mass is 10.1. The zero-order chi connectivity index (χ0) is 6.85. The summed E-state index contributed by atoms with van der Waals surface area (Å²) in [4.78, 5) is 10.7. The summed E-state index contributed by atoms with van der Waals surface area (Å²) in [5, 5.41) is 3.16. The van der Waals surface area contributed by atoms with Gasteiger partial charge < -0.3 is 5.32 Å². The van der Waals surface area contributed by atoms with Gasteiger partial charge in [0.15, 0.2) is 0 Å². The van der Waals surface area contributed by atoms with E-state index >= 15 is 0 Å². The van der Waals surface area contributed by atoms with Crippen molar-refractivity contribution >= 4 is 5.78 Å². The van der Waals surface area contributed by atoms with Crippen LogP contribution in [0.5, 0.6) is 0 Å². The van der Waals surface area contributed by atoms with Crippen LogP contribution in [0.25, 0.3) is 0 Å². The first kappa shape index (κ1) is 6.75. The Morgan fingerprint density at radius 1 is 1.67 bits per heavy atom. The maximum Gasteiger partial charge on any atom is 0.146 e. The minimum absolute atomic E-state index is 0.153. The standard InChI is InChI=1S/C7H13NO/c1-5-3-7(6(2)9)8-4-5/h5,7-8H,3-4H2,1-2H3. The molecule has 1 aliphatic rings. The summed E-state index contributed by atoms with van der Waals surface area (Å²) >= 11 is 0. The second-order valence-corrected chi connectivity index (χ2v) is 2.91. The average molecular weight is 127 g/mol. The largest absolute Gasteiger partial charge is 0.307 e. The monoisotopic (exact) mass is 127 g/mol. The lowest BCUT2D eigenvalue weighted by molar-refractivity contribution is -0.118. The number of Topliss-reactive ketones (excluding diaryl/α,β-unsaturated/α-hetero) is 1. The topological polar surface area (TPSA) is 29.1 Å². The van der Waals surface area contributed by atoms with Gasteiger partial charge in [0.25, 0.3) is 0 Å². The molecule has 0 saturated carbocycles. The lowest BCUT2D eigenvalue weighted by Gasteiger charge is -2.02. The Balaban J connectivity index is 2.39. The molecule has 1 saturated heterocycles. The maximum atomic E-state index is 10.7. The summed E-state index contributed by atoms with van der Waals surface area (Å²) in [5.74, 6) is 0.957. The number of hydrogen-bond acceptors (Lipinski definition) is 2. The van der Waals surface area contributed by atoms with Gasteiger partial charge in [0.05, 0.1) is 6.04 Å². The van der Waals surface area contributed by atoms with Crippen molar-refractivity contribution in [3.05, 3.63) is 0 Å². The molecule has 0 aliphatic carbocycles. The Hall–Kier alpha value is -0.370. The minimum atomic E-state index is 0.153. The van der Waals surface area contributed by atoms with E-state index < -0.39 is 0 Å². The third kappa shape index (κ3) is 1.52. The molecule has 52 valence electrons. The fourth-order valence-corrected chi connectivity index (χ4v) is 1.22. The number of hydrogen-bond donors (Lipinski definition) is 1. The molecule has 2 nitrogen and oxygen atoms in total. The highest BCUT2D eigenvalue weighted by molar-refractivity contribution is 5.81. The smallest absolute Gasteiger partial charge is 0.146 e. The van der Waals surface area contributed by atoms with Crippen molar-refractivity contribution in [3.63, 3.8) is 0 Å². The third-order valence-corrected chi connectivity index (χ3v) is 1.84. The zero-order valence-corrected chi connectivity index (χ0v) is 5.98. The summed E-state index contributed by atoms with van der Waals surface area (Å²) in [7, 11) is 0. The second-order valence-electron chi connectivity index (χ2n) is 2.91. The van der Waals surface area contributed by atoms with Crippen molar-refractivity contribution in [1.82, 2.24) is 5.32 Å². The molecule has 0 aromatic rings. The molecule has 2 heteroatoms. The van der Waals surface area contributed by atoms with Gasteiger partial charge in [0.2, 0.25) is 0 Å². The molecule has 1 aliphatic heterocycles. The van der Waals surface area contributed by atoms with Gasteiger partial charge in [0.1, 0.15) is 5.78 Å². The first-order valence-corrected chi connectivity index (χ1v) is 3.44. The number of nitrogens with one attached hydrogen (secondary N) is 1. The van der Waals surface area contributed by atoms with Crippen molar-refractivity contribution in [2.75, 3.05) is 6.54 Å². The first-order valence-electron chi connectivity index (χ1n) is 3.44. The van der Waals surface area contributed by atoms with E-state index in [1.165, 1.54) is 0 Å². The van der Waals surface area contributed by atoms with Gasteiger partial charge in [-0.05, 0) is 25.8 Å². The molecule has 0 bridgehead atoms. The summed E-state index contributed by atoms with van der Waals surface area (Å²) < 4.78 is 0. The Labute approximate surface area is 55.6 Å². The molecule has 0 aromatic carbocycles. The quantitative estimate of drug-likeness (QED) is 0.558. The van der Waals surface area contributed by atoms with Crippen LogP contribution in [0.15, 0.2) is 0 Å². The maximum absolute atomic E-state index is 10.7. The second kappa shape index (κ2) is 2.48. The fraction of sp³-hybridized carbons (Fsp3) is 0.857. The van der Waals surface area contributed by atoms with Crippen LogP contribution in [0, 0.1) is 5.92 Å². The van der Waals surface area contributed by atoms with E-state index in [0.717, 1.165) is 13.0 Å². The van der Waals surface area contributed by atoms with Crippen molar-refractivity contribution in [2.45, 2.75) is 26.3 Å². The Bertz CT molecular complexity index is 122. The molecule has 9 heavy (non-hydrogen) atoms. The van der Waals surface area contributed by atoms with E-state index in [2.05, 4.69) is 12.2 Å². The molecule has 1 N–H and O–H groups in total. The predicted molar refractivity (Wildman–Crippen MR) is 36.3 cm³/mol. The van der Waals surface area contributed by atoms with E-state index in [-0.39, 0.29) is 11.8 Å². The van der Waals surface area contributed by atoms with Crippen LogP contribution in [-0.2, 0) is 4.79 Å². The zero-order valence-electron chi connectivity index (χ0n) is 5.98. The van der Waals surface area contributed by atoms with Crippen LogP contribution in [0.4, 0.5) is 0 Å². The highest BCUT2D eigenvalue weighted by atomic mass is 16.1. The Morgan fingerprint density at radius 2 is 2.33 bits per heavy atom. The van der Waals surface area contributed by atoms with Crippen molar-refractivity contribution in [1.29, 1.82) is 0 Å². The number of carbonyl (C=O) groups excluding carboxylic acids is 1. The molecule has 0 radical (unpaired) electrons. The number of rotatable bonds is 1.